The third kappa shape index (κ3) is 2.65. The fourth-order valence-corrected chi connectivity index (χ4v) is 1.92. The summed E-state index contributed by atoms with van der Waals surface area (Å²) in [6.45, 7) is 2.42. The number of benzene rings is 1. The minimum atomic E-state index is 0.0987. The largest absolute Gasteiger partial charge is 0.326 e. The zero-order valence-corrected chi connectivity index (χ0v) is 10.7. The van der Waals surface area contributed by atoms with E-state index in [0.717, 1.165) is 17.0 Å². The molecule has 1 heterocycles. The van der Waals surface area contributed by atoms with E-state index in [0.29, 0.717) is 18.5 Å². The Bertz CT molecular complexity index is 555. The van der Waals surface area contributed by atoms with Crippen molar-refractivity contribution in [1.29, 1.82) is 0 Å². The maximum atomic E-state index is 12.1. The minimum absolute atomic E-state index is 0.0987. The fourth-order valence-electron chi connectivity index (χ4n) is 1.92. The van der Waals surface area contributed by atoms with E-state index < -0.39 is 0 Å². The highest BCUT2D eigenvalue weighted by atomic mass is 16.1. The SMILES string of the molecule is Cc1cc(CC(=O)c2ccc(CN)cc2)n(C)n1. The second kappa shape index (κ2) is 5.14. The topological polar surface area (TPSA) is 60.9 Å². The third-order valence-corrected chi connectivity index (χ3v) is 2.95. The van der Waals surface area contributed by atoms with Crippen molar-refractivity contribution in [1.82, 2.24) is 9.78 Å². The molecule has 1 aromatic carbocycles. The summed E-state index contributed by atoms with van der Waals surface area (Å²) in [6.07, 6.45) is 0.374. The smallest absolute Gasteiger partial charge is 0.168 e. The number of aryl methyl sites for hydroxylation is 2. The molecule has 2 aromatic rings. The molecule has 0 aliphatic carbocycles. The number of rotatable bonds is 4. The van der Waals surface area contributed by atoms with Crippen LogP contribution in [0.25, 0.3) is 0 Å². The lowest BCUT2D eigenvalue weighted by Crippen LogP contribution is -2.08. The average molecular weight is 243 g/mol. The number of carbonyl (C=O) groups is 1. The summed E-state index contributed by atoms with van der Waals surface area (Å²) in [4.78, 5) is 12.1. The van der Waals surface area contributed by atoms with Gasteiger partial charge in [-0.3, -0.25) is 9.48 Å². The molecule has 0 radical (unpaired) electrons. The number of ketones is 1. The number of aromatic nitrogens is 2. The van der Waals surface area contributed by atoms with Crippen LogP contribution in [0.15, 0.2) is 30.3 Å². The number of Topliss-reactive ketones (excluding diaryl/α,β-unsaturated/α-hetero) is 1. The van der Waals surface area contributed by atoms with Gasteiger partial charge in [0.05, 0.1) is 12.1 Å². The van der Waals surface area contributed by atoms with E-state index in [1.807, 2.05) is 44.3 Å². The maximum Gasteiger partial charge on any atom is 0.168 e. The molecule has 0 aliphatic rings. The van der Waals surface area contributed by atoms with E-state index >= 15 is 0 Å². The zero-order valence-electron chi connectivity index (χ0n) is 10.7. The Morgan fingerprint density at radius 3 is 2.50 bits per heavy atom. The van der Waals surface area contributed by atoms with Gasteiger partial charge in [-0.2, -0.15) is 5.10 Å². The molecule has 0 aliphatic heterocycles. The average Bonchev–Trinajstić information content (AvgIpc) is 2.68. The van der Waals surface area contributed by atoms with Crippen molar-refractivity contribution in [2.24, 2.45) is 12.8 Å². The van der Waals surface area contributed by atoms with Crippen LogP contribution >= 0.6 is 0 Å². The van der Waals surface area contributed by atoms with Gasteiger partial charge in [0.15, 0.2) is 5.78 Å². The molecule has 2 N–H and O–H groups in total. The van der Waals surface area contributed by atoms with Crippen molar-refractivity contribution in [2.45, 2.75) is 19.9 Å². The predicted octanol–water partition coefficient (Wildman–Crippen LogP) is 1.61. The van der Waals surface area contributed by atoms with E-state index in [2.05, 4.69) is 5.10 Å². The van der Waals surface area contributed by atoms with Gasteiger partial charge in [0.2, 0.25) is 0 Å². The van der Waals surface area contributed by atoms with Gasteiger partial charge < -0.3 is 5.73 Å². The number of nitrogens with zero attached hydrogens (tertiary/aromatic N) is 2. The third-order valence-electron chi connectivity index (χ3n) is 2.95. The second-order valence-electron chi connectivity index (χ2n) is 4.40. The zero-order chi connectivity index (χ0) is 13.1. The Labute approximate surface area is 106 Å². The van der Waals surface area contributed by atoms with Crippen molar-refractivity contribution < 1.29 is 4.79 Å². The molecule has 0 amide bonds. The first-order valence-corrected chi connectivity index (χ1v) is 5.92. The predicted molar refractivity (Wildman–Crippen MR) is 70.3 cm³/mol. The lowest BCUT2D eigenvalue weighted by atomic mass is 10.0. The van der Waals surface area contributed by atoms with Gasteiger partial charge in [0.25, 0.3) is 0 Å². The second-order valence-corrected chi connectivity index (χ2v) is 4.40. The Hall–Kier alpha value is -1.94. The van der Waals surface area contributed by atoms with Crippen LogP contribution in [0.4, 0.5) is 0 Å². The highest BCUT2D eigenvalue weighted by Crippen LogP contribution is 2.10. The molecule has 0 atom stereocenters. The van der Waals surface area contributed by atoms with Crippen LogP contribution in [0.5, 0.6) is 0 Å². The van der Waals surface area contributed by atoms with Crippen molar-refractivity contribution in [3.63, 3.8) is 0 Å². The van der Waals surface area contributed by atoms with Crippen LogP contribution in [0.2, 0.25) is 0 Å². The Kier molecular flexibility index (Phi) is 3.58. The lowest BCUT2D eigenvalue weighted by molar-refractivity contribution is 0.0990. The summed E-state index contributed by atoms with van der Waals surface area (Å²) >= 11 is 0. The molecular formula is C14H17N3O. The molecule has 4 heteroatoms. The van der Waals surface area contributed by atoms with E-state index in [4.69, 9.17) is 5.73 Å². The molecule has 0 unspecified atom stereocenters. The van der Waals surface area contributed by atoms with Gasteiger partial charge in [-0.1, -0.05) is 24.3 Å². The highest BCUT2D eigenvalue weighted by molar-refractivity contribution is 5.97. The van der Waals surface area contributed by atoms with E-state index in [1.165, 1.54) is 0 Å². The summed E-state index contributed by atoms with van der Waals surface area (Å²) in [5, 5.41) is 4.23. The Balaban J connectivity index is 2.14. The quantitative estimate of drug-likeness (QED) is 0.830. The van der Waals surface area contributed by atoms with E-state index in [-0.39, 0.29) is 5.78 Å². The van der Waals surface area contributed by atoms with Crippen LogP contribution < -0.4 is 5.73 Å². The molecule has 94 valence electrons. The van der Waals surface area contributed by atoms with Gasteiger partial charge in [0.1, 0.15) is 0 Å². The number of nitrogens with two attached hydrogens (primary N) is 1. The van der Waals surface area contributed by atoms with Gasteiger partial charge in [-0.05, 0) is 18.6 Å². The van der Waals surface area contributed by atoms with Gasteiger partial charge in [-0.15, -0.1) is 0 Å². The fraction of sp³-hybridized carbons (Fsp3) is 0.286. The molecule has 18 heavy (non-hydrogen) atoms. The number of hydrogen-bond donors (Lipinski definition) is 1. The lowest BCUT2D eigenvalue weighted by Gasteiger charge is -2.03. The molecular weight excluding hydrogens is 226 g/mol. The summed E-state index contributed by atoms with van der Waals surface area (Å²) < 4.78 is 1.75. The van der Waals surface area contributed by atoms with Crippen LogP contribution in [-0.2, 0) is 20.0 Å². The number of carbonyl (C=O) groups excluding carboxylic acids is 1. The minimum Gasteiger partial charge on any atom is -0.326 e. The van der Waals surface area contributed by atoms with Crippen molar-refractivity contribution >= 4 is 5.78 Å². The summed E-state index contributed by atoms with van der Waals surface area (Å²) in [7, 11) is 1.85. The number of hydrogen-bond acceptors (Lipinski definition) is 3. The van der Waals surface area contributed by atoms with Crippen molar-refractivity contribution in [3.05, 3.63) is 52.8 Å². The standard InChI is InChI=1S/C14H17N3O/c1-10-7-13(17(2)16-10)8-14(18)12-5-3-11(9-15)4-6-12/h3-7H,8-9,15H2,1-2H3. The Morgan fingerprint density at radius 1 is 1.33 bits per heavy atom. The van der Waals surface area contributed by atoms with Crippen LogP contribution in [-0.4, -0.2) is 15.6 Å². The Morgan fingerprint density at radius 2 is 2.00 bits per heavy atom. The first-order valence-electron chi connectivity index (χ1n) is 5.92. The first-order chi connectivity index (χ1) is 8.60. The van der Waals surface area contributed by atoms with Crippen LogP contribution in [0.3, 0.4) is 0 Å². The summed E-state index contributed by atoms with van der Waals surface area (Å²) in [5.74, 6) is 0.0987. The molecule has 0 saturated heterocycles. The first kappa shape index (κ1) is 12.5. The maximum absolute atomic E-state index is 12.1. The van der Waals surface area contributed by atoms with E-state index in [1.54, 1.807) is 4.68 Å². The van der Waals surface area contributed by atoms with Gasteiger partial charge in [-0.25, -0.2) is 0 Å². The molecule has 0 spiro atoms. The normalized spacial score (nSPS) is 10.6. The molecule has 0 saturated carbocycles. The van der Waals surface area contributed by atoms with Crippen LogP contribution in [0, 0.1) is 6.92 Å². The molecule has 4 nitrogen and oxygen atoms in total. The highest BCUT2D eigenvalue weighted by Gasteiger charge is 2.10. The van der Waals surface area contributed by atoms with Crippen molar-refractivity contribution in [3.8, 4) is 0 Å². The molecule has 1 aromatic heterocycles. The molecule has 0 fully saturated rings. The van der Waals surface area contributed by atoms with Gasteiger partial charge in [0, 0.05) is 24.8 Å². The molecule has 0 bridgehead atoms. The van der Waals surface area contributed by atoms with Crippen molar-refractivity contribution in [2.75, 3.05) is 0 Å². The van der Waals surface area contributed by atoms with E-state index in [9.17, 15) is 4.79 Å². The molecule has 2 rings (SSSR count). The summed E-state index contributed by atoms with van der Waals surface area (Å²) in [5.41, 5.74) is 9.13. The monoisotopic (exact) mass is 243 g/mol. The summed E-state index contributed by atoms with van der Waals surface area (Å²) in [6, 6.07) is 9.37. The van der Waals surface area contributed by atoms with Gasteiger partial charge >= 0.3 is 0 Å². The van der Waals surface area contributed by atoms with Crippen LogP contribution in [0.1, 0.15) is 27.3 Å².